The molecule has 5 heteroatoms. The van der Waals surface area contributed by atoms with Gasteiger partial charge in [0.05, 0.1) is 11.4 Å². The van der Waals surface area contributed by atoms with E-state index in [9.17, 15) is 0 Å². The second-order valence-corrected chi connectivity index (χ2v) is 21.1. The number of nitrogens with zero attached hydrogens (tertiary/aromatic N) is 4. The summed E-state index contributed by atoms with van der Waals surface area (Å²) in [6, 6.07) is 62.7. The summed E-state index contributed by atoms with van der Waals surface area (Å²) in [5, 5.41) is 0. The molecule has 2 saturated carbocycles. The summed E-state index contributed by atoms with van der Waals surface area (Å²) in [5.41, 5.74) is 22.5. The van der Waals surface area contributed by atoms with Crippen LogP contribution in [0.3, 0.4) is 0 Å². The lowest BCUT2D eigenvalue weighted by Gasteiger charge is -2.45. The lowest BCUT2D eigenvalue weighted by Crippen LogP contribution is -2.61. The van der Waals surface area contributed by atoms with Crippen molar-refractivity contribution in [2.24, 2.45) is 0 Å². The fourth-order valence-electron chi connectivity index (χ4n) is 12.6. The monoisotopic (exact) mass is 927 g/mol. The second-order valence-electron chi connectivity index (χ2n) is 21.1. The first-order valence-electron chi connectivity index (χ1n) is 27.4. The molecule has 354 valence electrons. The molecular weight excluding hydrogens is 860 g/mol. The quantitative estimate of drug-likeness (QED) is 0.108. The molecule has 1 aromatic heterocycles. The predicted molar refractivity (Wildman–Crippen MR) is 301 cm³/mol. The van der Waals surface area contributed by atoms with Crippen LogP contribution in [0.25, 0.3) is 33.9 Å². The molecule has 0 unspecified atom stereocenters. The molecule has 7 aromatic carbocycles. The van der Waals surface area contributed by atoms with E-state index in [0.717, 1.165) is 46.7 Å². The number of anilines is 6. The summed E-state index contributed by atoms with van der Waals surface area (Å²) >= 11 is 0. The highest BCUT2D eigenvalue weighted by Crippen LogP contribution is 2.48. The van der Waals surface area contributed by atoms with Crippen molar-refractivity contribution in [3.8, 4) is 33.9 Å². The number of hydrogen-bond donors (Lipinski definition) is 0. The van der Waals surface area contributed by atoms with Gasteiger partial charge in [0.25, 0.3) is 6.71 Å². The van der Waals surface area contributed by atoms with Crippen LogP contribution in [-0.4, -0.2) is 16.7 Å². The highest BCUT2D eigenvalue weighted by atomic mass is 15.2. The minimum atomic E-state index is 0.0523. The molecule has 0 spiro atoms. The molecule has 0 atom stereocenters. The SMILES string of the molecule is CCCCc1ccc(N2c3ccc(C4CCCCC4)cc3B3c4cc(C5CCCCC5)ccc4N(c4ccc(CCCC)cc4)c4cc(-c5cc(-c6ccccc6)nc(-c6ccccc6)n5)cc2c43)cc1. The summed E-state index contributed by atoms with van der Waals surface area (Å²) in [5.74, 6) is 1.92. The third-order valence-electron chi connectivity index (χ3n) is 16.4. The molecule has 3 heterocycles. The van der Waals surface area contributed by atoms with E-state index in [1.54, 1.807) is 0 Å². The van der Waals surface area contributed by atoms with Gasteiger partial charge in [-0.05, 0) is 156 Å². The molecule has 71 heavy (non-hydrogen) atoms. The van der Waals surface area contributed by atoms with Crippen LogP contribution in [0.1, 0.15) is 138 Å². The summed E-state index contributed by atoms with van der Waals surface area (Å²) in [6.45, 7) is 4.63. The summed E-state index contributed by atoms with van der Waals surface area (Å²) in [7, 11) is 0. The van der Waals surface area contributed by atoms with E-state index in [1.165, 1.54) is 163 Å². The minimum absolute atomic E-state index is 0.0523. The lowest BCUT2D eigenvalue weighted by atomic mass is 9.33. The predicted octanol–water partition coefficient (Wildman–Crippen LogP) is 16.3. The van der Waals surface area contributed by atoms with Crippen molar-refractivity contribution in [3.63, 3.8) is 0 Å². The Morgan fingerprint density at radius 2 is 0.887 bits per heavy atom. The van der Waals surface area contributed by atoms with Crippen LogP contribution in [0, 0.1) is 0 Å². The topological polar surface area (TPSA) is 32.3 Å². The Morgan fingerprint density at radius 3 is 1.35 bits per heavy atom. The van der Waals surface area contributed by atoms with Crippen LogP contribution in [0.2, 0.25) is 0 Å². The molecule has 0 saturated heterocycles. The van der Waals surface area contributed by atoms with Crippen molar-refractivity contribution >= 4 is 57.2 Å². The largest absolute Gasteiger partial charge is 0.311 e. The average Bonchev–Trinajstić information content (AvgIpc) is 3.44. The van der Waals surface area contributed by atoms with E-state index in [0.29, 0.717) is 11.8 Å². The lowest BCUT2D eigenvalue weighted by molar-refractivity contribution is 0.444. The van der Waals surface area contributed by atoms with E-state index in [-0.39, 0.29) is 6.71 Å². The summed E-state index contributed by atoms with van der Waals surface area (Å²) in [4.78, 5) is 16.0. The van der Waals surface area contributed by atoms with E-state index in [2.05, 4.69) is 187 Å². The molecule has 0 amide bonds. The van der Waals surface area contributed by atoms with Gasteiger partial charge in [-0.3, -0.25) is 0 Å². The Morgan fingerprint density at radius 1 is 0.437 bits per heavy atom. The number of aromatic nitrogens is 2. The normalized spacial score (nSPS) is 15.6. The Labute approximate surface area is 423 Å². The van der Waals surface area contributed by atoms with Crippen LogP contribution in [-0.2, 0) is 12.8 Å². The Hall–Kier alpha value is -6.72. The molecule has 2 aliphatic carbocycles. The maximum atomic E-state index is 5.50. The zero-order valence-corrected chi connectivity index (χ0v) is 41.9. The third-order valence-corrected chi connectivity index (χ3v) is 16.4. The van der Waals surface area contributed by atoms with Gasteiger partial charge in [0.2, 0.25) is 0 Å². The zero-order valence-electron chi connectivity index (χ0n) is 41.9. The van der Waals surface area contributed by atoms with Crippen molar-refractivity contribution in [1.29, 1.82) is 0 Å². The van der Waals surface area contributed by atoms with Crippen molar-refractivity contribution < 1.29 is 0 Å². The van der Waals surface area contributed by atoms with Gasteiger partial charge in [0.1, 0.15) is 0 Å². The highest BCUT2D eigenvalue weighted by molar-refractivity contribution is 7.00. The summed E-state index contributed by atoms with van der Waals surface area (Å²) in [6.07, 6.45) is 20.0. The van der Waals surface area contributed by atoms with Gasteiger partial charge in [-0.25, -0.2) is 9.97 Å². The number of aryl methyl sites for hydroxylation is 2. The van der Waals surface area contributed by atoms with Gasteiger partial charge in [-0.15, -0.1) is 0 Å². The minimum Gasteiger partial charge on any atom is -0.311 e. The van der Waals surface area contributed by atoms with Crippen LogP contribution >= 0.6 is 0 Å². The van der Waals surface area contributed by atoms with Gasteiger partial charge < -0.3 is 9.80 Å². The highest BCUT2D eigenvalue weighted by Gasteiger charge is 2.44. The first-order valence-corrected chi connectivity index (χ1v) is 27.4. The van der Waals surface area contributed by atoms with Gasteiger partial charge in [0, 0.05) is 50.8 Å². The fourth-order valence-corrected chi connectivity index (χ4v) is 12.6. The van der Waals surface area contributed by atoms with E-state index in [4.69, 9.17) is 9.97 Å². The zero-order chi connectivity index (χ0) is 47.7. The number of fused-ring (bicyclic) bond motifs is 4. The third kappa shape index (κ3) is 8.91. The van der Waals surface area contributed by atoms with Crippen molar-refractivity contribution in [1.82, 2.24) is 9.97 Å². The first-order chi connectivity index (χ1) is 35.1. The molecule has 4 nitrogen and oxygen atoms in total. The van der Waals surface area contributed by atoms with Crippen LogP contribution < -0.4 is 26.2 Å². The van der Waals surface area contributed by atoms with Crippen LogP contribution in [0.4, 0.5) is 34.1 Å². The molecule has 0 N–H and O–H groups in total. The molecule has 8 aromatic rings. The fraction of sp³-hybridized carbons (Fsp3) is 0.303. The number of unbranched alkanes of at least 4 members (excludes halogenated alkanes) is 2. The van der Waals surface area contributed by atoms with Gasteiger partial charge in [0.15, 0.2) is 5.82 Å². The van der Waals surface area contributed by atoms with Crippen molar-refractivity contribution in [3.05, 3.63) is 186 Å². The maximum absolute atomic E-state index is 5.50. The van der Waals surface area contributed by atoms with Crippen molar-refractivity contribution in [2.45, 2.75) is 128 Å². The molecule has 0 radical (unpaired) electrons. The van der Waals surface area contributed by atoms with Gasteiger partial charge in [-0.2, -0.15) is 0 Å². The number of hydrogen-bond acceptors (Lipinski definition) is 4. The average molecular weight is 927 g/mol. The van der Waals surface area contributed by atoms with E-state index in [1.807, 2.05) is 0 Å². The van der Waals surface area contributed by atoms with Crippen LogP contribution in [0.15, 0.2) is 164 Å². The molecule has 0 bridgehead atoms. The molecular formula is C66H67BN4. The first kappa shape index (κ1) is 45.4. The number of rotatable bonds is 13. The molecule has 2 fully saturated rings. The Kier molecular flexibility index (Phi) is 12.9. The second kappa shape index (κ2) is 20.2. The molecule has 12 rings (SSSR count). The van der Waals surface area contributed by atoms with E-state index >= 15 is 0 Å². The number of benzene rings is 7. The maximum Gasteiger partial charge on any atom is 0.252 e. The summed E-state index contributed by atoms with van der Waals surface area (Å²) < 4.78 is 0. The Bertz CT molecular complexity index is 2930. The van der Waals surface area contributed by atoms with Crippen LogP contribution in [0.5, 0.6) is 0 Å². The van der Waals surface area contributed by atoms with Gasteiger partial charge in [-0.1, -0.05) is 174 Å². The smallest absolute Gasteiger partial charge is 0.252 e. The van der Waals surface area contributed by atoms with Gasteiger partial charge >= 0.3 is 0 Å². The standard InChI is InChI=1S/C66H67BN4/c1-3-5-19-46-29-35-55(36-30-46)70-61-39-33-52(48-21-11-7-12-22-48)41-57(61)67-58-42-53(49-23-13-8-14-24-49)34-40-62(58)71(56-37-31-47(32-38-56)20-6-4-2)64-44-54(43-63(70)65(64)67)60-45-59(50-25-15-9-16-26-50)68-66(69-60)51-27-17-10-18-28-51/h9-10,15-18,25-45,48-49H,3-8,11-14,19-24H2,1-2H3. The molecule has 2 aliphatic heterocycles. The van der Waals surface area contributed by atoms with Crippen molar-refractivity contribution in [2.75, 3.05) is 9.80 Å². The van der Waals surface area contributed by atoms with E-state index < -0.39 is 0 Å². The Balaban J connectivity index is 1.15. The molecule has 4 aliphatic rings.